The van der Waals surface area contributed by atoms with Gasteiger partial charge in [-0.25, -0.2) is 4.98 Å². The number of ether oxygens (including phenoxy) is 1. The Morgan fingerprint density at radius 2 is 1.75 bits per heavy atom. The van der Waals surface area contributed by atoms with E-state index < -0.39 is 21.5 Å². The molecule has 1 aromatic heterocycles. The number of nitrogens with zero attached hydrogens (tertiary/aromatic N) is 2. The number of anilines is 1. The van der Waals surface area contributed by atoms with Crippen LogP contribution in [0.15, 0.2) is 71.9 Å². The highest BCUT2D eigenvalue weighted by molar-refractivity contribution is 7.93. The summed E-state index contributed by atoms with van der Waals surface area (Å²) in [7, 11) is -4.31. The van der Waals surface area contributed by atoms with Gasteiger partial charge in [0.15, 0.2) is 10.6 Å². The first-order valence-corrected chi connectivity index (χ1v) is 11.0. The lowest BCUT2D eigenvalue weighted by molar-refractivity contribution is -0.120. The van der Waals surface area contributed by atoms with E-state index in [0.29, 0.717) is 27.2 Å². The molecule has 1 aliphatic heterocycles. The van der Waals surface area contributed by atoms with E-state index >= 15 is 0 Å². The average Bonchev–Trinajstić information content (AvgIpc) is 2.97. The van der Waals surface area contributed by atoms with E-state index in [4.69, 9.17) is 22.1 Å². The molecule has 1 amide bonds. The first-order chi connectivity index (χ1) is 14.3. The second kappa shape index (κ2) is 9.64. The van der Waals surface area contributed by atoms with Crippen LogP contribution in [-0.4, -0.2) is 25.9 Å². The number of para-hydroxylation sites is 1. The van der Waals surface area contributed by atoms with Crippen LogP contribution in [0.2, 0.25) is 5.02 Å². The van der Waals surface area contributed by atoms with Crippen LogP contribution in [0.3, 0.4) is 0 Å². The van der Waals surface area contributed by atoms with E-state index in [0.717, 1.165) is 0 Å². The minimum atomic E-state index is -4.31. The topological polar surface area (TPSA) is 103 Å². The van der Waals surface area contributed by atoms with Crippen molar-refractivity contribution in [2.45, 2.75) is 17.5 Å². The molecule has 1 unspecified atom stereocenters. The van der Waals surface area contributed by atoms with Crippen LogP contribution < -0.4 is 14.8 Å². The third kappa shape index (κ3) is 3.93. The van der Waals surface area contributed by atoms with Crippen LogP contribution in [0.5, 0.6) is 5.75 Å². The third-order valence-electron chi connectivity index (χ3n) is 4.88. The van der Waals surface area contributed by atoms with Gasteiger partial charge in [0, 0.05) is 22.3 Å². The number of sulfonamides is 1. The molecule has 32 heavy (non-hydrogen) atoms. The number of aromatic nitrogens is 1. The minimum Gasteiger partial charge on any atom is -0.493 e. The molecule has 4 rings (SSSR count). The Kier molecular flexibility index (Phi) is 7.80. The fraction of sp³-hybridized carbons (Fsp3) is 0.143. The molecule has 1 atom stereocenters. The van der Waals surface area contributed by atoms with Crippen LogP contribution in [-0.2, 0) is 20.4 Å². The molecular formula is C21H20Cl3N3O4S. The first kappa shape index (κ1) is 25.9. The number of amides is 1. The van der Waals surface area contributed by atoms with Gasteiger partial charge >= 0.3 is 0 Å². The van der Waals surface area contributed by atoms with Gasteiger partial charge in [-0.1, -0.05) is 35.9 Å². The van der Waals surface area contributed by atoms with Gasteiger partial charge < -0.3 is 10.5 Å². The van der Waals surface area contributed by atoms with Crippen molar-refractivity contribution in [1.29, 1.82) is 0 Å². The maximum atomic E-state index is 13.7. The van der Waals surface area contributed by atoms with E-state index in [1.807, 2.05) is 0 Å². The van der Waals surface area contributed by atoms with Crippen LogP contribution in [0.4, 0.5) is 5.69 Å². The Balaban J connectivity index is 0.00000181. The zero-order valence-corrected chi connectivity index (χ0v) is 20.0. The van der Waals surface area contributed by atoms with E-state index in [2.05, 4.69) is 4.98 Å². The zero-order valence-electron chi connectivity index (χ0n) is 16.8. The predicted molar refractivity (Wildman–Crippen MR) is 127 cm³/mol. The minimum absolute atomic E-state index is 0. The summed E-state index contributed by atoms with van der Waals surface area (Å²) in [5, 5.41) is 0.0592. The Bertz CT molecular complexity index is 1240. The summed E-state index contributed by atoms with van der Waals surface area (Å²) in [6, 6.07) is 15.7. The van der Waals surface area contributed by atoms with E-state index in [-0.39, 0.29) is 41.1 Å². The van der Waals surface area contributed by atoms with Crippen molar-refractivity contribution < 1.29 is 17.9 Å². The Morgan fingerprint density at radius 1 is 1.06 bits per heavy atom. The van der Waals surface area contributed by atoms with Crippen LogP contribution in [0.25, 0.3) is 0 Å². The van der Waals surface area contributed by atoms with Gasteiger partial charge in [0.1, 0.15) is 5.75 Å². The van der Waals surface area contributed by atoms with Gasteiger partial charge in [-0.05, 0) is 43.3 Å². The van der Waals surface area contributed by atoms with Crippen molar-refractivity contribution in [1.82, 2.24) is 4.98 Å². The number of carbonyl (C=O) groups excluding carboxylic acids is 1. The normalized spacial score (nSPS) is 17.2. The molecule has 2 N–H and O–H groups in total. The van der Waals surface area contributed by atoms with Crippen LogP contribution >= 0.6 is 36.4 Å². The van der Waals surface area contributed by atoms with Gasteiger partial charge in [0.05, 0.1) is 12.3 Å². The standard InChI is InChI=1S/C21H18ClN3O4S.2ClH/c1-2-29-18-8-4-3-7-15(18)21(23)16-13-14(22)10-11-17(16)25(20(21)26)30(27,28)19-9-5-6-12-24-19;;/h3-13H,2,23H2,1H3;2*1H. The maximum Gasteiger partial charge on any atom is 0.288 e. The average molecular weight is 517 g/mol. The molecule has 2 heterocycles. The molecule has 0 radical (unpaired) electrons. The SMILES string of the molecule is CCOc1ccccc1C1(N)C(=O)N(S(=O)(=O)c2ccccn2)c2ccc(Cl)cc21.Cl.Cl. The highest BCUT2D eigenvalue weighted by atomic mass is 35.5. The monoisotopic (exact) mass is 515 g/mol. The molecule has 0 spiro atoms. The molecule has 7 nitrogen and oxygen atoms in total. The van der Waals surface area contributed by atoms with Gasteiger partial charge in [0.25, 0.3) is 15.9 Å². The van der Waals surface area contributed by atoms with E-state index in [1.165, 1.54) is 36.5 Å². The van der Waals surface area contributed by atoms with Gasteiger partial charge in [-0.3, -0.25) is 4.79 Å². The Morgan fingerprint density at radius 3 is 2.41 bits per heavy atom. The highest BCUT2D eigenvalue weighted by Crippen LogP contribution is 2.48. The molecule has 11 heteroatoms. The second-order valence-corrected chi connectivity index (χ2v) is 8.81. The van der Waals surface area contributed by atoms with Crippen molar-refractivity contribution in [3.05, 3.63) is 83.0 Å². The summed E-state index contributed by atoms with van der Waals surface area (Å²) >= 11 is 6.19. The van der Waals surface area contributed by atoms with E-state index in [9.17, 15) is 13.2 Å². The van der Waals surface area contributed by atoms with Crippen LogP contribution in [0, 0.1) is 0 Å². The van der Waals surface area contributed by atoms with Gasteiger partial charge in [-0.2, -0.15) is 12.7 Å². The molecule has 170 valence electrons. The number of carbonyl (C=O) groups is 1. The molecular weight excluding hydrogens is 497 g/mol. The van der Waals surface area contributed by atoms with Gasteiger partial charge in [0.2, 0.25) is 0 Å². The van der Waals surface area contributed by atoms with Crippen LogP contribution in [0.1, 0.15) is 18.1 Å². The first-order valence-electron chi connectivity index (χ1n) is 9.13. The Labute approximate surface area is 203 Å². The second-order valence-electron chi connectivity index (χ2n) is 6.64. The molecule has 0 saturated carbocycles. The lowest BCUT2D eigenvalue weighted by Crippen LogP contribution is -2.50. The highest BCUT2D eigenvalue weighted by Gasteiger charge is 2.55. The van der Waals surface area contributed by atoms with Crippen molar-refractivity contribution >= 4 is 58.0 Å². The summed E-state index contributed by atoms with van der Waals surface area (Å²) in [6.07, 6.45) is 1.34. The number of hydrogen-bond acceptors (Lipinski definition) is 6. The molecule has 0 bridgehead atoms. The van der Waals surface area contributed by atoms with Crippen molar-refractivity contribution in [2.75, 3.05) is 10.9 Å². The summed E-state index contributed by atoms with van der Waals surface area (Å²) < 4.78 is 33.1. The summed E-state index contributed by atoms with van der Waals surface area (Å²) in [4.78, 5) is 17.6. The fourth-order valence-electron chi connectivity index (χ4n) is 3.55. The zero-order chi connectivity index (χ0) is 21.5. The van der Waals surface area contributed by atoms with Crippen molar-refractivity contribution in [2.24, 2.45) is 5.73 Å². The summed E-state index contributed by atoms with van der Waals surface area (Å²) in [5.41, 5.74) is 5.62. The molecule has 0 saturated heterocycles. The van der Waals surface area contributed by atoms with E-state index in [1.54, 1.807) is 37.3 Å². The number of benzene rings is 2. The number of fused-ring (bicyclic) bond motifs is 1. The van der Waals surface area contributed by atoms with Crippen molar-refractivity contribution in [3.8, 4) is 5.75 Å². The number of hydrogen-bond donors (Lipinski definition) is 1. The number of halogens is 3. The number of nitrogens with two attached hydrogens (primary N) is 1. The summed E-state index contributed by atoms with van der Waals surface area (Å²) in [6.45, 7) is 2.15. The predicted octanol–water partition coefficient (Wildman–Crippen LogP) is 3.92. The lowest BCUT2D eigenvalue weighted by atomic mass is 9.84. The molecule has 1 aliphatic rings. The van der Waals surface area contributed by atoms with Gasteiger partial charge in [-0.15, -0.1) is 24.8 Å². The fourth-order valence-corrected chi connectivity index (χ4v) is 5.14. The maximum absolute atomic E-state index is 13.7. The number of pyridine rings is 1. The summed E-state index contributed by atoms with van der Waals surface area (Å²) in [5.74, 6) is -0.448. The third-order valence-corrected chi connectivity index (χ3v) is 6.73. The van der Waals surface area contributed by atoms with Crippen molar-refractivity contribution in [3.63, 3.8) is 0 Å². The quantitative estimate of drug-likeness (QED) is 0.551. The molecule has 3 aromatic rings. The molecule has 2 aromatic carbocycles. The smallest absolute Gasteiger partial charge is 0.288 e. The lowest BCUT2D eigenvalue weighted by Gasteiger charge is -2.26. The largest absolute Gasteiger partial charge is 0.493 e. The Hall–Kier alpha value is -2.36. The molecule has 0 fully saturated rings. The number of rotatable bonds is 5. The molecule has 0 aliphatic carbocycles.